The van der Waals surface area contributed by atoms with E-state index in [0.29, 0.717) is 46.9 Å². The van der Waals surface area contributed by atoms with Crippen LogP contribution in [0, 0.1) is 11.7 Å². The van der Waals surface area contributed by atoms with E-state index in [-0.39, 0.29) is 18.2 Å². The van der Waals surface area contributed by atoms with Crippen LogP contribution in [0.5, 0.6) is 0 Å². The zero-order valence-corrected chi connectivity index (χ0v) is 27.2. The first-order valence-corrected chi connectivity index (χ1v) is 18.6. The second kappa shape index (κ2) is 12.5. The van der Waals surface area contributed by atoms with Crippen molar-refractivity contribution >= 4 is 54.8 Å². The molecule has 45 heavy (non-hydrogen) atoms. The van der Waals surface area contributed by atoms with Crippen LogP contribution in [-0.4, -0.2) is 57.3 Å². The molecule has 2 aliphatic carbocycles. The van der Waals surface area contributed by atoms with Gasteiger partial charge >= 0.3 is 0 Å². The number of carbonyl (C=O) groups is 1. The minimum atomic E-state index is -4.18. The summed E-state index contributed by atoms with van der Waals surface area (Å²) in [6, 6.07) is 17.7. The Labute approximate surface area is 272 Å². The Morgan fingerprint density at radius 2 is 1.60 bits per heavy atom. The van der Waals surface area contributed by atoms with Gasteiger partial charge in [0.15, 0.2) is 6.10 Å². The Morgan fingerprint density at radius 3 is 2.20 bits per heavy atom. The normalized spacial score (nSPS) is 23.2. The van der Waals surface area contributed by atoms with Crippen LogP contribution in [0.3, 0.4) is 0 Å². The highest BCUT2D eigenvalue weighted by atomic mass is 35.5. The van der Waals surface area contributed by atoms with Gasteiger partial charge < -0.3 is 9.64 Å². The Bertz CT molecular complexity index is 1800. The van der Waals surface area contributed by atoms with Crippen LogP contribution >= 0.6 is 23.2 Å². The lowest BCUT2D eigenvalue weighted by Gasteiger charge is -2.49. The molecule has 3 aromatic carbocycles. The maximum Gasteiger partial charge on any atom is 0.253 e. The SMILES string of the molecule is NS(=O)(=O)C[C@H]1O[C@H](c2cccc(Cl)c2)[C@@H](c2ccc(Cl)cc2)N(C(CN(c2ccccc2F)S(=O)(=O)C2CC2)C2CC2)C1=O. The molecule has 0 radical (unpaired) electrons. The predicted octanol–water partition coefficient (Wildman–Crippen LogP) is 5.21. The lowest BCUT2D eigenvalue weighted by molar-refractivity contribution is -0.176. The first kappa shape index (κ1) is 32.2. The lowest BCUT2D eigenvalue weighted by Crippen LogP contribution is -2.60. The number of ether oxygens (including phenoxy) is 1. The first-order chi connectivity index (χ1) is 21.3. The van der Waals surface area contributed by atoms with Crippen LogP contribution in [0.4, 0.5) is 10.1 Å². The highest BCUT2D eigenvalue weighted by Crippen LogP contribution is 2.48. The summed E-state index contributed by atoms with van der Waals surface area (Å²) in [5.74, 6) is -2.29. The molecule has 3 aliphatic rings. The average Bonchev–Trinajstić information content (AvgIpc) is 3.89. The molecule has 0 bridgehead atoms. The van der Waals surface area contributed by atoms with Gasteiger partial charge in [0, 0.05) is 10.0 Å². The number of para-hydroxylation sites is 1. The number of carbonyl (C=O) groups excluding carboxylic acids is 1. The molecule has 2 N–H and O–H groups in total. The largest absolute Gasteiger partial charge is 0.357 e. The third-order valence-electron chi connectivity index (χ3n) is 8.45. The lowest BCUT2D eigenvalue weighted by atomic mass is 9.89. The van der Waals surface area contributed by atoms with Gasteiger partial charge in [0.2, 0.25) is 20.0 Å². The number of primary sulfonamides is 1. The molecular formula is C31H32Cl2FN3O6S2. The van der Waals surface area contributed by atoms with Crippen LogP contribution in [0.25, 0.3) is 0 Å². The molecule has 1 amide bonds. The van der Waals surface area contributed by atoms with Crippen LogP contribution in [0.15, 0.2) is 72.8 Å². The van der Waals surface area contributed by atoms with E-state index in [1.54, 1.807) is 59.5 Å². The van der Waals surface area contributed by atoms with Crippen LogP contribution < -0.4 is 9.44 Å². The van der Waals surface area contributed by atoms with E-state index >= 15 is 4.39 Å². The van der Waals surface area contributed by atoms with Gasteiger partial charge in [0.05, 0.1) is 35.3 Å². The Kier molecular flexibility index (Phi) is 8.92. The third-order valence-corrected chi connectivity index (χ3v) is 12.0. The zero-order valence-electron chi connectivity index (χ0n) is 24.0. The molecule has 240 valence electrons. The van der Waals surface area contributed by atoms with Crippen molar-refractivity contribution in [3.8, 4) is 0 Å². The number of morpholine rings is 1. The van der Waals surface area contributed by atoms with Gasteiger partial charge in [-0.3, -0.25) is 9.10 Å². The summed E-state index contributed by atoms with van der Waals surface area (Å²) in [4.78, 5) is 16.0. The van der Waals surface area contributed by atoms with Crippen LogP contribution in [-0.2, 0) is 29.6 Å². The molecule has 0 spiro atoms. The second-order valence-electron chi connectivity index (χ2n) is 11.8. The number of hydrogen-bond donors (Lipinski definition) is 1. The fourth-order valence-corrected chi connectivity index (χ4v) is 8.89. The maximum atomic E-state index is 15.3. The van der Waals surface area contributed by atoms with Crippen molar-refractivity contribution in [3.05, 3.63) is 99.8 Å². The minimum absolute atomic E-state index is 0.105. The maximum absolute atomic E-state index is 15.3. The fourth-order valence-electron chi connectivity index (χ4n) is 6.04. The fraction of sp³-hybridized carbons (Fsp3) is 0.387. The molecule has 0 aromatic heterocycles. The van der Waals surface area contributed by atoms with Crippen LogP contribution in [0.2, 0.25) is 10.0 Å². The van der Waals surface area contributed by atoms with Crippen molar-refractivity contribution in [2.24, 2.45) is 11.1 Å². The Morgan fingerprint density at radius 1 is 0.911 bits per heavy atom. The number of hydrogen-bond acceptors (Lipinski definition) is 6. The molecule has 3 aromatic rings. The van der Waals surface area contributed by atoms with Crippen molar-refractivity contribution in [2.45, 2.75) is 55.2 Å². The first-order valence-electron chi connectivity index (χ1n) is 14.6. The topological polar surface area (TPSA) is 127 Å². The third kappa shape index (κ3) is 7.01. The monoisotopic (exact) mass is 695 g/mol. The summed E-state index contributed by atoms with van der Waals surface area (Å²) in [6.45, 7) is -0.232. The van der Waals surface area contributed by atoms with Crippen molar-refractivity contribution in [3.63, 3.8) is 0 Å². The quantitative estimate of drug-likeness (QED) is 0.294. The summed E-state index contributed by atoms with van der Waals surface area (Å²) in [6.07, 6.45) is -0.109. The number of nitrogens with zero attached hydrogens (tertiary/aromatic N) is 2. The highest BCUT2D eigenvalue weighted by Gasteiger charge is 2.52. The van der Waals surface area contributed by atoms with Crippen molar-refractivity contribution < 1.29 is 30.8 Å². The Hall–Kier alpha value is -2.74. The zero-order chi connectivity index (χ0) is 32.1. The van der Waals surface area contributed by atoms with Gasteiger partial charge in [0.25, 0.3) is 5.91 Å². The number of rotatable bonds is 11. The standard InChI is InChI=1S/C31H32Cl2FN3O6S2/c32-22-12-10-20(11-13-22)29-30(21-4-3-5-23(33)16-21)43-28(18-44(35,39)40)31(38)37(29)27(19-8-9-19)17-36(45(41,42)24-14-15-24)26-7-2-1-6-25(26)34/h1-7,10-13,16,19,24,27-30H,8-9,14-15,17-18H2,(H2,35,39,40)/t27?,28-,29-,30-/m1/s1. The molecule has 6 rings (SSSR count). The summed E-state index contributed by atoms with van der Waals surface area (Å²) >= 11 is 12.6. The van der Waals surface area contributed by atoms with E-state index in [0.717, 1.165) is 4.31 Å². The van der Waals surface area contributed by atoms with E-state index < -0.39 is 67.1 Å². The van der Waals surface area contributed by atoms with Gasteiger partial charge in [0.1, 0.15) is 11.9 Å². The molecule has 4 atom stereocenters. The summed E-state index contributed by atoms with van der Waals surface area (Å²) in [5.41, 5.74) is 1.09. The molecular weight excluding hydrogens is 664 g/mol. The van der Waals surface area contributed by atoms with Gasteiger partial charge in [-0.05, 0) is 79.1 Å². The van der Waals surface area contributed by atoms with Crippen LogP contribution in [0.1, 0.15) is 49.0 Å². The van der Waals surface area contributed by atoms with E-state index in [1.165, 1.54) is 18.2 Å². The van der Waals surface area contributed by atoms with E-state index in [1.807, 2.05) is 0 Å². The van der Waals surface area contributed by atoms with Crippen molar-refractivity contribution in [1.82, 2.24) is 4.90 Å². The van der Waals surface area contributed by atoms with Gasteiger partial charge in [-0.1, -0.05) is 59.6 Å². The second-order valence-corrected chi connectivity index (χ2v) is 16.5. The predicted molar refractivity (Wildman–Crippen MR) is 170 cm³/mol. The molecule has 1 heterocycles. The molecule has 1 saturated heterocycles. The number of amides is 1. The minimum Gasteiger partial charge on any atom is -0.357 e. The summed E-state index contributed by atoms with van der Waals surface area (Å²) in [7, 11) is -8.17. The number of sulfonamides is 2. The molecule has 1 unspecified atom stereocenters. The summed E-state index contributed by atoms with van der Waals surface area (Å²) in [5, 5.41) is 5.62. The Balaban J connectivity index is 1.52. The smallest absolute Gasteiger partial charge is 0.253 e. The highest BCUT2D eigenvalue weighted by molar-refractivity contribution is 7.93. The molecule has 2 saturated carbocycles. The summed E-state index contributed by atoms with van der Waals surface area (Å²) < 4.78 is 75.0. The molecule has 14 heteroatoms. The van der Waals surface area contributed by atoms with Gasteiger partial charge in [-0.15, -0.1) is 0 Å². The van der Waals surface area contributed by atoms with Crippen molar-refractivity contribution in [1.29, 1.82) is 0 Å². The average molecular weight is 697 g/mol. The van der Waals surface area contributed by atoms with Gasteiger partial charge in [-0.25, -0.2) is 26.4 Å². The van der Waals surface area contributed by atoms with E-state index in [4.69, 9.17) is 33.1 Å². The van der Waals surface area contributed by atoms with E-state index in [9.17, 15) is 21.6 Å². The molecule has 9 nitrogen and oxygen atoms in total. The number of nitrogens with two attached hydrogens (primary N) is 1. The van der Waals surface area contributed by atoms with Gasteiger partial charge in [-0.2, -0.15) is 0 Å². The number of halogens is 3. The number of anilines is 1. The van der Waals surface area contributed by atoms with E-state index in [2.05, 4.69) is 0 Å². The van der Waals surface area contributed by atoms with Crippen molar-refractivity contribution in [2.75, 3.05) is 16.6 Å². The molecule has 1 aliphatic heterocycles. The number of benzene rings is 3. The molecule has 3 fully saturated rings.